The van der Waals surface area contributed by atoms with Gasteiger partial charge in [0.25, 0.3) is 0 Å². The summed E-state index contributed by atoms with van der Waals surface area (Å²) in [5, 5.41) is 12.8. The lowest BCUT2D eigenvalue weighted by molar-refractivity contribution is 0.189. The monoisotopic (exact) mass is 340 g/mol. The maximum absolute atomic E-state index is 13.8. The molecule has 0 aliphatic heterocycles. The summed E-state index contributed by atoms with van der Waals surface area (Å²) in [6.45, 7) is 6.28. The van der Waals surface area contributed by atoms with Gasteiger partial charge in [0.05, 0.1) is 0 Å². The molecule has 0 heterocycles. The molecule has 5 nitrogen and oxygen atoms in total. The number of nitrogens with zero attached hydrogens (tertiary/aromatic N) is 3. The van der Waals surface area contributed by atoms with Crippen molar-refractivity contribution >= 4 is 0 Å². The van der Waals surface area contributed by atoms with Crippen LogP contribution in [0, 0.1) is 11.6 Å². The van der Waals surface area contributed by atoms with Crippen molar-refractivity contribution in [3.05, 3.63) is 41.5 Å². The number of hydrogen-bond donors (Lipinski definition) is 1. The molecule has 0 radical (unpaired) electrons. The van der Waals surface area contributed by atoms with Crippen LogP contribution in [0.4, 0.5) is 8.78 Å². The van der Waals surface area contributed by atoms with Crippen molar-refractivity contribution < 1.29 is 13.5 Å². The SMILES string of the molecule is C/C=C(\C)C(CCN(C)N=NC(C)NC)Oc1ccc(F)cc1F. The molecule has 0 aliphatic carbocycles. The molecule has 0 amide bonds. The highest BCUT2D eigenvalue weighted by molar-refractivity contribution is 5.26. The Balaban J connectivity index is 2.71. The minimum atomic E-state index is -0.709. The van der Waals surface area contributed by atoms with E-state index in [9.17, 15) is 8.78 Å². The van der Waals surface area contributed by atoms with Gasteiger partial charge in [0.2, 0.25) is 0 Å². The Kier molecular flexibility index (Phi) is 8.32. The normalized spacial score (nSPS) is 14.7. The van der Waals surface area contributed by atoms with E-state index in [1.54, 1.807) is 12.1 Å². The number of benzene rings is 1. The highest BCUT2D eigenvalue weighted by Gasteiger charge is 2.16. The third-order valence-electron chi connectivity index (χ3n) is 3.64. The molecular formula is C17H26F2N4O. The van der Waals surface area contributed by atoms with E-state index in [1.165, 1.54) is 12.1 Å². The van der Waals surface area contributed by atoms with E-state index in [4.69, 9.17) is 4.74 Å². The van der Waals surface area contributed by atoms with E-state index in [-0.39, 0.29) is 18.0 Å². The Morgan fingerprint density at radius 2 is 2.12 bits per heavy atom. The summed E-state index contributed by atoms with van der Waals surface area (Å²) in [6, 6.07) is 3.30. The Bertz CT molecular complexity index is 578. The van der Waals surface area contributed by atoms with Gasteiger partial charge in [-0.15, -0.1) is 0 Å². The minimum absolute atomic E-state index is 0.0377. The summed E-state index contributed by atoms with van der Waals surface area (Å²) in [4.78, 5) is 0. The van der Waals surface area contributed by atoms with E-state index in [0.29, 0.717) is 13.0 Å². The zero-order chi connectivity index (χ0) is 18.1. The standard InChI is InChI=1S/C17H26F2N4O/c1-6-12(2)16(9-10-23(5)22-21-13(3)20-4)24-17-8-7-14(18)11-15(17)19/h6-8,11,13,16,20H,9-10H2,1-5H3/b12-6+,22-21?. The molecule has 7 heteroatoms. The molecule has 1 aromatic carbocycles. The van der Waals surface area contributed by atoms with Gasteiger partial charge in [0.15, 0.2) is 11.6 Å². The second kappa shape index (κ2) is 9.97. The van der Waals surface area contributed by atoms with E-state index >= 15 is 0 Å². The van der Waals surface area contributed by atoms with Gasteiger partial charge in [-0.05, 0) is 45.5 Å². The van der Waals surface area contributed by atoms with Crippen LogP contribution in [0.15, 0.2) is 40.2 Å². The third kappa shape index (κ3) is 6.62. The number of halogens is 2. The highest BCUT2D eigenvalue weighted by atomic mass is 19.1. The van der Waals surface area contributed by atoms with E-state index in [1.807, 2.05) is 33.9 Å². The summed E-state index contributed by atoms with van der Waals surface area (Å²) in [6.07, 6.45) is 2.12. The molecule has 0 saturated carbocycles. The molecule has 1 rings (SSSR count). The first-order valence-corrected chi connectivity index (χ1v) is 7.91. The van der Waals surface area contributed by atoms with Crippen LogP contribution in [-0.2, 0) is 0 Å². The van der Waals surface area contributed by atoms with Crippen LogP contribution in [0.25, 0.3) is 0 Å². The van der Waals surface area contributed by atoms with E-state index < -0.39 is 11.6 Å². The van der Waals surface area contributed by atoms with Crippen LogP contribution in [0.3, 0.4) is 0 Å². The smallest absolute Gasteiger partial charge is 0.168 e. The summed E-state index contributed by atoms with van der Waals surface area (Å²) < 4.78 is 32.5. The van der Waals surface area contributed by atoms with E-state index in [0.717, 1.165) is 11.6 Å². The fourth-order valence-corrected chi connectivity index (χ4v) is 1.86. The molecule has 24 heavy (non-hydrogen) atoms. The lowest BCUT2D eigenvalue weighted by atomic mass is 10.1. The zero-order valence-corrected chi connectivity index (χ0v) is 14.9. The third-order valence-corrected chi connectivity index (χ3v) is 3.64. The molecule has 2 unspecified atom stereocenters. The Labute approximate surface area is 142 Å². The fourth-order valence-electron chi connectivity index (χ4n) is 1.86. The first kappa shape index (κ1) is 20.0. The van der Waals surface area contributed by atoms with Crippen molar-refractivity contribution in [1.82, 2.24) is 10.3 Å². The zero-order valence-electron chi connectivity index (χ0n) is 14.9. The van der Waals surface area contributed by atoms with Gasteiger partial charge >= 0.3 is 0 Å². The van der Waals surface area contributed by atoms with Gasteiger partial charge in [-0.1, -0.05) is 11.3 Å². The summed E-state index contributed by atoms with van der Waals surface area (Å²) >= 11 is 0. The topological polar surface area (TPSA) is 49.2 Å². The molecule has 0 saturated heterocycles. The largest absolute Gasteiger partial charge is 0.483 e. The lowest BCUT2D eigenvalue weighted by Gasteiger charge is -2.22. The van der Waals surface area contributed by atoms with E-state index in [2.05, 4.69) is 15.7 Å². The van der Waals surface area contributed by atoms with Gasteiger partial charge < -0.3 is 4.74 Å². The molecule has 0 aromatic heterocycles. The Morgan fingerprint density at radius 1 is 1.42 bits per heavy atom. The van der Waals surface area contributed by atoms with Crippen LogP contribution in [0.1, 0.15) is 27.2 Å². The number of allylic oxidation sites excluding steroid dienone is 1. The first-order valence-electron chi connectivity index (χ1n) is 7.91. The number of ether oxygens (including phenoxy) is 1. The molecule has 134 valence electrons. The molecule has 0 spiro atoms. The van der Waals surface area contributed by atoms with Crippen molar-refractivity contribution in [2.24, 2.45) is 10.3 Å². The van der Waals surface area contributed by atoms with Crippen LogP contribution >= 0.6 is 0 Å². The van der Waals surface area contributed by atoms with Crippen molar-refractivity contribution in [3.63, 3.8) is 0 Å². The van der Waals surface area contributed by atoms with Gasteiger partial charge in [-0.3, -0.25) is 10.3 Å². The van der Waals surface area contributed by atoms with Gasteiger partial charge in [-0.25, -0.2) is 8.78 Å². The maximum Gasteiger partial charge on any atom is 0.168 e. The van der Waals surface area contributed by atoms with Crippen LogP contribution in [0.5, 0.6) is 5.75 Å². The molecule has 2 atom stereocenters. The maximum atomic E-state index is 13.8. The lowest BCUT2D eigenvalue weighted by Crippen LogP contribution is -2.25. The van der Waals surface area contributed by atoms with Crippen molar-refractivity contribution in [1.29, 1.82) is 0 Å². The average Bonchev–Trinajstić information content (AvgIpc) is 2.57. The second-order valence-corrected chi connectivity index (χ2v) is 5.55. The number of hydrogen-bond acceptors (Lipinski definition) is 4. The van der Waals surface area contributed by atoms with Crippen molar-refractivity contribution in [2.75, 3.05) is 20.6 Å². The van der Waals surface area contributed by atoms with Gasteiger partial charge in [-0.2, -0.15) is 5.11 Å². The molecule has 0 bridgehead atoms. The predicted molar refractivity (Wildman–Crippen MR) is 90.8 cm³/mol. The predicted octanol–water partition coefficient (Wildman–Crippen LogP) is 3.93. The minimum Gasteiger partial charge on any atom is -0.483 e. The quantitative estimate of drug-likeness (QED) is 0.421. The van der Waals surface area contributed by atoms with Crippen molar-refractivity contribution in [2.45, 2.75) is 39.5 Å². The molecule has 1 N–H and O–H groups in total. The molecule has 0 fully saturated rings. The Morgan fingerprint density at radius 3 is 2.71 bits per heavy atom. The van der Waals surface area contributed by atoms with Gasteiger partial charge in [0, 0.05) is 26.1 Å². The number of rotatable bonds is 9. The van der Waals surface area contributed by atoms with Crippen molar-refractivity contribution in [3.8, 4) is 5.75 Å². The summed E-state index contributed by atoms with van der Waals surface area (Å²) in [5.41, 5.74) is 0.965. The molecule has 0 aliphatic rings. The first-order chi connectivity index (χ1) is 11.4. The molecular weight excluding hydrogens is 314 g/mol. The number of nitrogens with one attached hydrogen (secondary N) is 1. The Hall–Kier alpha value is -2.02. The van der Waals surface area contributed by atoms with Crippen LogP contribution in [0.2, 0.25) is 0 Å². The average molecular weight is 340 g/mol. The molecule has 1 aromatic rings. The summed E-state index contributed by atoms with van der Waals surface area (Å²) in [7, 11) is 3.62. The fraction of sp³-hybridized carbons (Fsp3) is 0.529. The van der Waals surface area contributed by atoms with Crippen LogP contribution in [-0.4, -0.2) is 37.9 Å². The second-order valence-electron chi connectivity index (χ2n) is 5.55. The van der Waals surface area contributed by atoms with Crippen LogP contribution < -0.4 is 10.1 Å². The highest BCUT2D eigenvalue weighted by Crippen LogP contribution is 2.22. The summed E-state index contributed by atoms with van der Waals surface area (Å²) in [5.74, 6) is -1.30. The van der Waals surface area contributed by atoms with Gasteiger partial charge in [0.1, 0.15) is 18.1 Å².